The third kappa shape index (κ3) is 6.96. The van der Waals surface area contributed by atoms with Crippen LogP contribution in [0.15, 0.2) is 75.6 Å². The Morgan fingerprint density at radius 1 is 1.13 bits per heavy atom. The number of thiazole rings is 1. The molecule has 0 aliphatic rings. The topological polar surface area (TPSA) is 128 Å². The normalized spacial score (nSPS) is 10.8. The molecule has 2 amide bonds. The van der Waals surface area contributed by atoms with Crippen LogP contribution in [0.5, 0.6) is 11.5 Å². The molecule has 11 heteroatoms. The van der Waals surface area contributed by atoms with Crippen molar-refractivity contribution in [2.45, 2.75) is 6.92 Å². The van der Waals surface area contributed by atoms with Gasteiger partial charge in [0.05, 0.1) is 23.5 Å². The maximum Gasteiger partial charge on any atom is 0.271 e. The van der Waals surface area contributed by atoms with Gasteiger partial charge in [0.25, 0.3) is 11.8 Å². The highest BCUT2D eigenvalue weighted by Gasteiger charge is 2.13. The van der Waals surface area contributed by atoms with Gasteiger partial charge >= 0.3 is 0 Å². The molecule has 0 aliphatic heterocycles. The van der Waals surface area contributed by atoms with E-state index in [1.54, 1.807) is 24.3 Å². The lowest BCUT2D eigenvalue weighted by Gasteiger charge is -2.12. The number of nitrogens with one attached hydrogen (secondary N) is 2. The minimum Gasteiger partial charge on any atom is -0.493 e. The summed E-state index contributed by atoms with van der Waals surface area (Å²) in [6.45, 7) is 1.76. The highest BCUT2D eigenvalue weighted by Crippen LogP contribution is 2.36. The molecule has 0 saturated heterocycles. The Morgan fingerprint density at radius 3 is 2.55 bits per heavy atom. The highest BCUT2D eigenvalue weighted by molar-refractivity contribution is 9.10. The second-order valence-electron chi connectivity index (χ2n) is 8.09. The van der Waals surface area contributed by atoms with Crippen molar-refractivity contribution in [2.75, 3.05) is 19.0 Å². The van der Waals surface area contributed by atoms with Crippen LogP contribution in [0.3, 0.4) is 0 Å². The molecule has 0 atom stereocenters. The number of aryl methyl sites for hydroxylation is 1. The van der Waals surface area contributed by atoms with Gasteiger partial charge in [-0.2, -0.15) is 5.10 Å². The number of hydrogen-bond donors (Lipinski definition) is 3. The van der Waals surface area contributed by atoms with Gasteiger partial charge in [0, 0.05) is 22.2 Å². The number of primary amides is 1. The number of rotatable bonds is 10. The molecule has 4 N–H and O–H groups in total. The number of hydrazone groups is 1. The van der Waals surface area contributed by atoms with Gasteiger partial charge in [-0.05, 0) is 64.8 Å². The molecule has 0 radical (unpaired) electrons. The Balaban J connectivity index is 1.37. The van der Waals surface area contributed by atoms with E-state index in [1.165, 1.54) is 30.2 Å². The fraction of sp³-hybridized carbons (Fsp3) is 0.111. The number of ether oxygens (including phenoxy) is 2. The molecule has 3 aromatic carbocycles. The summed E-state index contributed by atoms with van der Waals surface area (Å²) in [4.78, 5) is 28.2. The molecule has 1 aromatic heterocycles. The quantitative estimate of drug-likeness (QED) is 0.170. The Kier molecular flexibility index (Phi) is 8.72. The van der Waals surface area contributed by atoms with Crippen molar-refractivity contribution in [3.8, 4) is 22.8 Å². The molecule has 194 valence electrons. The molecular weight excluding hydrogens is 570 g/mol. The summed E-state index contributed by atoms with van der Waals surface area (Å²) in [5.41, 5.74) is 12.6. The van der Waals surface area contributed by atoms with Crippen LogP contribution in [0.4, 0.5) is 10.8 Å². The van der Waals surface area contributed by atoms with E-state index >= 15 is 0 Å². The number of anilines is 2. The number of carbonyl (C=O) groups is 2. The third-order valence-electron chi connectivity index (χ3n) is 5.24. The summed E-state index contributed by atoms with van der Waals surface area (Å²) in [7, 11) is 1.47. The minimum atomic E-state index is -0.605. The number of hydrogen-bond acceptors (Lipinski definition) is 8. The lowest BCUT2D eigenvalue weighted by molar-refractivity contribution is -0.119. The molecule has 0 fully saturated rings. The first-order valence-electron chi connectivity index (χ1n) is 11.3. The van der Waals surface area contributed by atoms with Crippen molar-refractivity contribution in [3.63, 3.8) is 0 Å². The minimum absolute atomic E-state index is 0.287. The standard InChI is InChI=1S/C27H24BrN5O4S/c1-16-3-9-20(10-4-16)31-27-32-22(15-38-27)18-5-7-19(8-6-18)26(35)33-30-13-17-11-21(28)25(23(12-17)36-2)37-14-24(29)34/h3-13,15H,14H2,1-2H3,(H2,29,34)(H,31,32)(H,33,35)/b30-13+. The van der Waals surface area contributed by atoms with Crippen molar-refractivity contribution >= 4 is 56.1 Å². The monoisotopic (exact) mass is 593 g/mol. The average molecular weight is 594 g/mol. The van der Waals surface area contributed by atoms with E-state index in [0.717, 1.165) is 22.1 Å². The molecule has 0 saturated carbocycles. The predicted octanol–water partition coefficient (Wildman–Crippen LogP) is 5.26. The van der Waals surface area contributed by atoms with Gasteiger partial charge in [0.2, 0.25) is 0 Å². The summed E-state index contributed by atoms with van der Waals surface area (Å²) in [6, 6.07) is 18.6. The fourth-order valence-electron chi connectivity index (χ4n) is 3.34. The van der Waals surface area contributed by atoms with Gasteiger partial charge in [-0.3, -0.25) is 9.59 Å². The molecule has 9 nitrogen and oxygen atoms in total. The summed E-state index contributed by atoms with van der Waals surface area (Å²) in [5, 5.41) is 10.1. The zero-order valence-corrected chi connectivity index (χ0v) is 22.9. The molecule has 0 bridgehead atoms. The molecule has 0 spiro atoms. The molecular formula is C27H24BrN5O4S. The molecule has 1 heterocycles. The van der Waals surface area contributed by atoms with Crippen molar-refractivity contribution in [1.29, 1.82) is 0 Å². The van der Waals surface area contributed by atoms with Gasteiger partial charge < -0.3 is 20.5 Å². The van der Waals surface area contributed by atoms with Crippen LogP contribution in [-0.4, -0.2) is 36.7 Å². The Morgan fingerprint density at radius 2 is 1.87 bits per heavy atom. The van der Waals surface area contributed by atoms with E-state index in [0.29, 0.717) is 27.1 Å². The number of nitrogens with two attached hydrogens (primary N) is 1. The number of amides is 2. The molecule has 4 aromatic rings. The second kappa shape index (κ2) is 12.3. The van der Waals surface area contributed by atoms with Crippen LogP contribution >= 0.6 is 27.3 Å². The number of halogens is 1. The third-order valence-corrected chi connectivity index (χ3v) is 6.59. The average Bonchev–Trinajstić information content (AvgIpc) is 3.37. The SMILES string of the molecule is COc1cc(/C=N/NC(=O)c2ccc(-c3csc(Nc4ccc(C)cc4)n3)cc2)cc(Br)c1OCC(N)=O. The van der Waals surface area contributed by atoms with Gasteiger partial charge in [-0.15, -0.1) is 11.3 Å². The lowest BCUT2D eigenvalue weighted by atomic mass is 10.1. The van der Waals surface area contributed by atoms with Crippen LogP contribution in [0.1, 0.15) is 21.5 Å². The number of methoxy groups -OCH3 is 1. The number of benzene rings is 3. The van der Waals surface area contributed by atoms with Crippen molar-refractivity contribution in [2.24, 2.45) is 10.8 Å². The van der Waals surface area contributed by atoms with Crippen LogP contribution in [0.25, 0.3) is 11.3 Å². The number of carbonyl (C=O) groups excluding carboxylic acids is 2. The first kappa shape index (κ1) is 26.8. The predicted molar refractivity (Wildman–Crippen MR) is 152 cm³/mol. The van der Waals surface area contributed by atoms with Gasteiger partial charge in [-0.1, -0.05) is 29.8 Å². The first-order chi connectivity index (χ1) is 18.3. The Bertz CT molecular complexity index is 1470. The zero-order chi connectivity index (χ0) is 27.1. The summed E-state index contributed by atoms with van der Waals surface area (Å²) in [6.07, 6.45) is 1.47. The van der Waals surface area contributed by atoms with Gasteiger partial charge in [0.15, 0.2) is 23.2 Å². The van der Waals surface area contributed by atoms with Crippen LogP contribution in [0.2, 0.25) is 0 Å². The van der Waals surface area contributed by atoms with E-state index in [1.807, 2.05) is 48.7 Å². The number of nitrogens with zero attached hydrogens (tertiary/aromatic N) is 2. The fourth-order valence-corrected chi connectivity index (χ4v) is 4.66. The maximum atomic E-state index is 12.6. The van der Waals surface area contributed by atoms with Crippen LogP contribution < -0.4 is 25.9 Å². The first-order valence-corrected chi connectivity index (χ1v) is 13.0. The molecule has 38 heavy (non-hydrogen) atoms. The van der Waals surface area contributed by atoms with Crippen molar-refractivity contribution in [3.05, 3.63) is 87.2 Å². The zero-order valence-electron chi connectivity index (χ0n) is 20.5. The lowest BCUT2D eigenvalue weighted by Crippen LogP contribution is -2.20. The second-order valence-corrected chi connectivity index (χ2v) is 9.81. The molecule has 0 unspecified atom stereocenters. The summed E-state index contributed by atoms with van der Waals surface area (Å²) < 4.78 is 11.2. The highest BCUT2D eigenvalue weighted by atomic mass is 79.9. The van der Waals surface area contributed by atoms with E-state index in [-0.39, 0.29) is 12.5 Å². The largest absolute Gasteiger partial charge is 0.493 e. The van der Waals surface area contributed by atoms with Crippen LogP contribution in [0, 0.1) is 6.92 Å². The maximum absolute atomic E-state index is 12.6. The summed E-state index contributed by atoms with van der Waals surface area (Å²) in [5.74, 6) is -0.249. The van der Waals surface area contributed by atoms with E-state index in [9.17, 15) is 9.59 Å². The Hall–Kier alpha value is -4.22. The van der Waals surface area contributed by atoms with Crippen molar-refractivity contribution in [1.82, 2.24) is 10.4 Å². The molecule has 0 aliphatic carbocycles. The van der Waals surface area contributed by atoms with E-state index < -0.39 is 5.91 Å². The van der Waals surface area contributed by atoms with Gasteiger partial charge in [0.1, 0.15) is 0 Å². The smallest absolute Gasteiger partial charge is 0.271 e. The van der Waals surface area contributed by atoms with Gasteiger partial charge in [-0.25, -0.2) is 10.4 Å². The van der Waals surface area contributed by atoms with Crippen LogP contribution in [-0.2, 0) is 4.79 Å². The Labute approximate surface area is 231 Å². The van der Waals surface area contributed by atoms with E-state index in [4.69, 9.17) is 15.2 Å². The van der Waals surface area contributed by atoms with Crippen molar-refractivity contribution < 1.29 is 19.1 Å². The van der Waals surface area contributed by atoms with E-state index in [2.05, 4.69) is 36.8 Å². The summed E-state index contributed by atoms with van der Waals surface area (Å²) >= 11 is 4.89. The molecule has 4 rings (SSSR count). The number of aromatic nitrogens is 1.